The molecule has 0 spiro atoms. The van der Waals surface area contributed by atoms with Crippen molar-refractivity contribution in [3.8, 4) is 0 Å². The van der Waals surface area contributed by atoms with Crippen molar-refractivity contribution in [2.24, 2.45) is 0 Å². The van der Waals surface area contributed by atoms with Crippen LogP contribution in [0.3, 0.4) is 0 Å². The molecule has 0 radical (unpaired) electrons. The number of carbonyl (C=O) groups is 1. The number of benzene rings is 3. The number of sulfonamides is 1. The minimum absolute atomic E-state index is 0.00599. The maximum absolute atomic E-state index is 13.5. The molecule has 166 valence electrons. The number of nitrogens with zero attached hydrogens (tertiary/aromatic N) is 1. The normalized spacial score (nSPS) is 16.4. The van der Waals surface area contributed by atoms with Crippen molar-refractivity contribution in [2.75, 3.05) is 6.54 Å². The standard InChI is InChI=1S/C24H22BrFN2O3S/c25-19-7-11-21(12-8-19)32(30,31)28-14-13-18-3-1-2-4-22(18)23(28)15-24(29)27-16-17-5-9-20(26)10-6-17/h1-12,23H,13-16H2,(H,27,29)/t23-/m0/s1. The highest BCUT2D eigenvalue weighted by atomic mass is 79.9. The van der Waals surface area contributed by atoms with Crippen molar-refractivity contribution in [3.63, 3.8) is 0 Å². The molecule has 0 saturated heterocycles. The van der Waals surface area contributed by atoms with Crippen LogP contribution in [0.4, 0.5) is 4.39 Å². The Kier molecular flexibility index (Phi) is 6.74. The molecule has 3 aromatic carbocycles. The van der Waals surface area contributed by atoms with Gasteiger partial charge in [0.05, 0.1) is 10.9 Å². The summed E-state index contributed by atoms with van der Waals surface area (Å²) in [5, 5.41) is 2.83. The van der Waals surface area contributed by atoms with Crippen LogP contribution < -0.4 is 5.32 Å². The van der Waals surface area contributed by atoms with Gasteiger partial charge in [0, 0.05) is 24.0 Å². The number of hydrogen-bond donors (Lipinski definition) is 1. The van der Waals surface area contributed by atoms with Crippen LogP contribution in [0.1, 0.15) is 29.2 Å². The van der Waals surface area contributed by atoms with E-state index in [0.29, 0.717) is 13.0 Å². The Morgan fingerprint density at radius 3 is 2.44 bits per heavy atom. The highest BCUT2D eigenvalue weighted by Crippen LogP contribution is 2.36. The van der Waals surface area contributed by atoms with E-state index in [1.54, 1.807) is 36.4 Å². The summed E-state index contributed by atoms with van der Waals surface area (Å²) >= 11 is 3.33. The summed E-state index contributed by atoms with van der Waals surface area (Å²) in [6.07, 6.45) is 0.577. The van der Waals surface area contributed by atoms with Crippen LogP contribution in [0.5, 0.6) is 0 Å². The highest BCUT2D eigenvalue weighted by molar-refractivity contribution is 9.10. The molecule has 0 saturated carbocycles. The maximum Gasteiger partial charge on any atom is 0.243 e. The number of carbonyl (C=O) groups excluding carboxylic acids is 1. The van der Waals surface area contributed by atoms with E-state index in [1.807, 2.05) is 24.3 Å². The third-order valence-corrected chi connectivity index (χ3v) is 8.02. The van der Waals surface area contributed by atoms with Gasteiger partial charge in [0.15, 0.2) is 0 Å². The van der Waals surface area contributed by atoms with Gasteiger partial charge in [-0.3, -0.25) is 4.79 Å². The number of hydrogen-bond acceptors (Lipinski definition) is 3. The van der Waals surface area contributed by atoms with E-state index in [4.69, 9.17) is 0 Å². The van der Waals surface area contributed by atoms with Gasteiger partial charge in [0.1, 0.15) is 5.82 Å². The molecule has 1 heterocycles. The Labute approximate surface area is 195 Å². The van der Waals surface area contributed by atoms with Gasteiger partial charge in [-0.2, -0.15) is 4.31 Å². The minimum atomic E-state index is -3.80. The van der Waals surface area contributed by atoms with Crippen molar-refractivity contribution < 1.29 is 17.6 Å². The summed E-state index contributed by atoms with van der Waals surface area (Å²) < 4.78 is 42.2. The zero-order valence-corrected chi connectivity index (χ0v) is 19.6. The second-order valence-electron chi connectivity index (χ2n) is 7.64. The van der Waals surface area contributed by atoms with E-state index in [-0.39, 0.29) is 29.6 Å². The van der Waals surface area contributed by atoms with Crippen LogP contribution in [0.15, 0.2) is 82.2 Å². The van der Waals surface area contributed by atoms with Crippen molar-refractivity contribution in [3.05, 3.63) is 99.8 Å². The SMILES string of the molecule is O=C(C[C@H]1c2ccccc2CCN1S(=O)(=O)c1ccc(Br)cc1)NCc1ccc(F)cc1. The molecule has 1 amide bonds. The lowest BCUT2D eigenvalue weighted by Crippen LogP contribution is -2.42. The first-order valence-corrected chi connectivity index (χ1v) is 12.4. The topological polar surface area (TPSA) is 66.5 Å². The zero-order valence-electron chi connectivity index (χ0n) is 17.2. The van der Waals surface area contributed by atoms with E-state index in [2.05, 4.69) is 21.2 Å². The minimum Gasteiger partial charge on any atom is -0.352 e. The van der Waals surface area contributed by atoms with Gasteiger partial charge in [-0.15, -0.1) is 0 Å². The molecule has 4 rings (SSSR count). The monoisotopic (exact) mass is 516 g/mol. The maximum atomic E-state index is 13.5. The van der Waals surface area contributed by atoms with Crippen LogP contribution in [-0.4, -0.2) is 25.2 Å². The van der Waals surface area contributed by atoms with Crippen LogP contribution >= 0.6 is 15.9 Å². The van der Waals surface area contributed by atoms with E-state index in [9.17, 15) is 17.6 Å². The predicted molar refractivity (Wildman–Crippen MR) is 124 cm³/mol. The van der Waals surface area contributed by atoms with E-state index in [1.165, 1.54) is 16.4 Å². The fourth-order valence-corrected chi connectivity index (χ4v) is 5.79. The van der Waals surface area contributed by atoms with Crippen LogP contribution in [-0.2, 0) is 27.8 Å². The molecule has 1 aliphatic rings. The number of halogens is 2. The number of nitrogens with one attached hydrogen (secondary N) is 1. The molecule has 0 aliphatic carbocycles. The first kappa shape index (κ1) is 22.6. The molecule has 1 atom stereocenters. The third-order valence-electron chi connectivity index (χ3n) is 5.57. The molecular weight excluding hydrogens is 495 g/mol. The Morgan fingerprint density at radius 1 is 1.03 bits per heavy atom. The lowest BCUT2D eigenvalue weighted by Gasteiger charge is -2.36. The van der Waals surface area contributed by atoms with Crippen LogP contribution in [0.2, 0.25) is 0 Å². The first-order valence-electron chi connectivity index (χ1n) is 10.2. The molecule has 1 aliphatic heterocycles. The Morgan fingerprint density at radius 2 is 1.72 bits per heavy atom. The molecule has 5 nitrogen and oxygen atoms in total. The molecule has 0 fully saturated rings. The summed E-state index contributed by atoms with van der Waals surface area (Å²) in [5.41, 5.74) is 2.66. The summed E-state index contributed by atoms with van der Waals surface area (Å²) in [5.74, 6) is -0.611. The molecule has 0 bridgehead atoms. The van der Waals surface area contributed by atoms with E-state index in [0.717, 1.165) is 21.2 Å². The summed E-state index contributed by atoms with van der Waals surface area (Å²) in [7, 11) is -3.80. The van der Waals surface area contributed by atoms with Crippen molar-refractivity contribution in [1.29, 1.82) is 0 Å². The van der Waals surface area contributed by atoms with Crippen molar-refractivity contribution in [1.82, 2.24) is 9.62 Å². The number of fused-ring (bicyclic) bond motifs is 1. The Balaban J connectivity index is 1.58. The summed E-state index contributed by atoms with van der Waals surface area (Å²) in [4.78, 5) is 13.0. The largest absolute Gasteiger partial charge is 0.352 e. The van der Waals surface area contributed by atoms with Gasteiger partial charge < -0.3 is 5.32 Å². The lowest BCUT2D eigenvalue weighted by atomic mass is 9.92. The average Bonchev–Trinajstić information content (AvgIpc) is 2.79. The fourth-order valence-electron chi connectivity index (χ4n) is 3.92. The first-order chi connectivity index (χ1) is 15.3. The molecule has 1 N–H and O–H groups in total. The molecule has 3 aromatic rings. The molecular formula is C24H22BrFN2O3S. The molecule has 32 heavy (non-hydrogen) atoms. The summed E-state index contributed by atoms with van der Waals surface area (Å²) in [6.45, 7) is 0.540. The predicted octanol–water partition coefficient (Wildman–Crippen LogP) is 4.58. The smallest absolute Gasteiger partial charge is 0.243 e. The summed E-state index contributed by atoms with van der Waals surface area (Å²) in [6, 6.07) is 19.4. The van der Waals surface area contributed by atoms with Gasteiger partial charge in [0.25, 0.3) is 0 Å². The highest BCUT2D eigenvalue weighted by Gasteiger charge is 2.37. The zero-order chi connectivity index (χ0) is 22.7. The van der Waals surface area contributed by atoms with Crippen LogP contribution in [0.25, 0.3) is 0 Å². The van der Waals surface area contributed by atoms with Gasteiger partial charge in [-0.05, 0) is 59.5 Å². The number of amides is 1. The van der Waals surface area contributed by atoms with Gasteiger partial charge in [-0.25, -0.2) is 12.8 Å². The molecule has 8 heteroatoms. The second kappa shape index (κ2) is 9.52. The van der Waals surface area contributed by atoms with Crippen LogP contribution in [0, 0.1) is 5.82 Å². The Bertz CT molecular complexity index is 1210. The average molecular weight is 517 g/mol. The quantitative estimate of drug-likeness (QED) is 0.521. The Hall–Kier alpha value is -2.55. The molecule has 0 aromatic heterocycles. The fraction of sp³-hybridized carbons (Fsp3) is 0.208. The third kappa shape index (κ3) is 4.92. The molecule has 0 unspecified atom stereocenters. The number of rotatable bonds is 6. The van der Waals surface area contributed by atoms with Gasteiger partial charge in [-0.1, -0.05) is 52.3 Å². The van der Waals surface area contributed by atoms with E-state index < -0.39 is 16.1 Å². The van der Waals surface area contributed by atoms with E-state index >= 15 is 0 Å². The van der Waals surface area contributed by atoms with Crippen molar-refractivity contribution >= 4 is 31.9 Å². The lowest BCUT2D eigenvalue weighted by molar-refractivity contribution is -0.122. The second-order valence-corrected chi connectivity index (χ2v) is 10.4. The van der Waals surface area contributed by atoms with Gasteiger partial charge >= 0.3 is 0 Å². The van der Waals surface area contributed by atoms with Crippen molar-refractivity contribution in [2.45, 2.75) is 30.3 Å². The van der Waals surface area contributed by atoms with Gasteiger partial charge in [0.2, 0.25) is 15.9 Å².